The fourth-order valence-electron chi connectivity index (χ4n) is 1.51. The second-order valence-electron chi connectivity index (χ2n) is 4.04. The molecule has 3 nitrogen and oxygen atoms in total. The van der Waals surface area contributed by atoms with Crippen LogP contribution in [0.1, 0.15) is 18.5 Å². The monoisotopic (exact) mass is 263 g/mol. The van der Waals surface area contributed by atoms with Crippen molar-refractivity contribution in [1.82, 2.24) is 5.32 Å². The number of hydrogen-bond acceptors (Lipinski definition) is 3. The van der Waals surface area contributed by atoms with Crippen molar-refractivity contribution in [2.75, 3.05) is 20.3 Å². The van der Waals surface area contributed by atoms with Gasteiger partial charge in [-0.05, 0) is 24.6 Å². The van der Waals surface area contributed by atoms with Crippen molar-refractivity contribution in [3.63, 3.8) is 0 Å². The first kappa shape index (κ1) is 14.9. The van der Waals surface area contributed by atoms with Gasteiger partial charge in [0.05, 0.1) is 12.7 Å². The Morgan fingerprint density at radius 1 is 1.28 bits per heavy atom. The first-order valence-electron chi connectivity index (χ1n) is 5.50. The molecule has 0 spiro atoms. The molecule has 0 aliphatic rings. The summed E-state index contributed by atoms with van der Waals surface area (Å²) in [5.41, 5.74) is 0.274. The number of ether oxygens (including phenoxy) is 1. The lowest BCUT2D eigenvalue weighted by molar-refractivity contribution is 0.0630. The van der Waals surface area contributed by atoms with Crippen LogP contribution in [0.25, 0.3) is 0 Å². The number of nitrogens with one attached hydrogen (secondary N) is 1. The third kappa shape index (κ3) is 3.97. The molecule has 0 saturated heterocycles. The van der Waals surface area contributed by atoms with Gasteiger partial charge < -0.3 is 15.2 Å². The van der Waals surface area contributed by atoms with Crippen LogP contribution in [0.4, 0.5) is 13.2 Å². The van der Waals surface area contributed by atoms with Crippen molar-refractivity contribution in [3.05, 3.63) is 35.1 Å². The molecule has 1 aromatic rings. The standard InChI is InChI=1S/C12H16F3NO2/c1-7(16-5-9(17)6-18-2)8-3-10(13)12(15)11(14)4-8/h3-4,7,9,16-17H,5-6H2,1-2H3. The van der Waals surface area contributed by atoms with Gasteiger partial charge in [0.15, 0.2) is 17.5 Å². The highest BCUT2D eigenvalue weighted by molar-refractivity contribution is 5.22. The number of aliphatic hydroxyl groups is 1. The smallest absolute Gasteiger partial charge is 0.194 e. The van der Waals surface area contributed by atoms with Crippen LogP contribution < -0.4 is 5.32 Å². The zero-order chi connectivity index (χ0) is 13.7. The Kier molecular flexibility index (Phi) is 5.58. The molecule has 0 aromatic heterocycles. The second kappa shape index (κ2) is 6.72. The number of rotatable bonds is 6. The van der Waals surface area contributed by atoms with Gasteiger partial charge in [0.25, 0.3) is 0 Å². The third-order valence-electron chi connectivity index (χ3n) is 2.52. The van der Waals surface area contributed by atoms with Crippen LogP contribution in [-0.4, -0.2) is 31.5 Å². The summed E-state index contributed by atoms with van der Waals surface area (Å²) in [6.45, 7) is 2.02. The summed E-state index contributed by atoms with van der Waals surface area (Å²) in [5.74, 6) is -3.93. The van der Waals surface area contributed by atoms with Gasteiger partial charge in [-0.15, -0.1) is 0 Å². The van der Waals surface area contributed by atoms with Crippen molar-refractivity contribution in [1.29, 1.82) is 0 Å². The van der Waals surface area contributed by atoms with E-state index in [4.69, 9.17) is 4.74 Å². The maximum absolute atomic E-state index is 13.0. The van der Waals surface area contributed by atoms with Gasteiger partial charge in [-0.1, -0.05) is 0 Å². The molecule has 0 radical (unpaired) electrons. The highest BCUT2D eigenvalue weighted by Gasteiger charge is 2.15. The molecule has 2 atom stereocenters. The van der Waals surface area contributed by atoms with Crippen LogP contribution >= 0.6 is 0 Å². The quantitative estimate of drug-likeness (QED) is 0.768. The van der Waals surface area contributed by atoms with Crippen molar-refractivity contribution in [3.8, 4) is 0 Å². The van der Waals surface area contributed by atoms with Gasteiger partial charge in [0, 0.05) is 19.7 Å². The lowest BCUT2D eigenvalue weighted by Crippen LogP contribution is -2.31. The first-order valence-corrected chi connectivity index (χ1v) is 5.50. The number of benzene rings is 1. The Morgan fingerprint density at radius 2 is 1.83 bits per heavy atom. The number of methoxy groups -OCH3 is 1. The summed E-state index contributed by atoms with van der Waals surface area (Å²) in [6, 6.07) is 1.44. The lowest BCUT2D eigenvalue weighted by atomic mass is 10.1. The van der Waals surface area contributed by atoms with E-state index < -0.39 is 29.6 Å². The van der Waals surface area contributed by atoms with E-state index in [1.807, 2.05) is 0 Å². The fourth-order valence-corrected chi connectivity index (χ4v) is 1.51. The van der Waals surface area contributed by atoms with Crippen molar-refractivity contribution in [2.45, 2.75) is 19.1 Å². The summed E-state index contributed by atoms with van der Waals surface area (Å²) in [5, 5.41) is 12.3. The molecule has 102 valence electrons. The molecule has 1 aromatic carbocycles. The maximum Gasteiger partial charge on any atom is 0.194 e. The van der Waals surface area contributed by atoms with E-state index in [1.54, 1.807) is 6.92 Å². The summed E-state index contributed by atoms with van der Waals surface area (Å²) in [7, 11) is 1.46. The molecule has 0 amide bonds. The van der Waals surface area contributed by atoms with E-state index in [-0.39, 0.29) is 18.7 Å². The van der Waals surface area contributed by atoms with Crippen LogP contribution in [0.5, 0.6) is 0 Å². The minimum atomic E-state index is -1.48. The van der Waals surface area contributed by atoms with Gasteiger partial charge in [0.2, 0.25) is 0 Å². The zero-order valence-corrected chi connectivity index (χ0v) is 10.2. The fraction of sp³-hybridized carbons (Fsp3) is 0.500. The SMILES string of the molecule is COCC(O)CNC(C)c1cc(F)c(F)c(F)c1. The summed E-state index contributed by atoms with van der Waals surface area (Å²) in [6.07, 6.45) is -0.715. The van der Waals surface area contributed by atoms with Crippen LogP contribution in [0, 0.1) is 17.5 Å². The summed E-state index contributed by atoms with van der Waals surface area (Å²) < 4.78 is 43.5. The van der Waals surface area contributed by atoms with Gasteiger partial charge >= 0.3 is 0 Å². The van der Waals surface area contributed by atoms with E-state index in [0.29, 0.717) is 0 Å². The van der Waals surface area contributed by atoms with Crippen LogP contribution in [-0.2, 0) is 4.74 Å². The Bertz CT molecular complexity index is 378. The molecule has 2 N–H and O–H groups in total. The summed E-state index contributed by atoms with van der Waals surface area (Å²) >= 11 is 0. The van der Waals surface area contributed by atoms with Crippen molar-refractivity contribution < 1.29 is 23.0 Å². The van der Waals surface area contributed by atoms with Gasteiger partial charge in [-0.25, -0.2) is 13.2 Å². The Hall–Kier alpha value is -1.11. The molecule has 0 aliphatic heterocycles. The highest BCUT2D eigenvalue weighted by atomic mass is 19.2. The molecule has 0 bridgehead atoms. The molecule has 0 heterocycles. The molecule has 6 heteroatoms. The first-order chi connectivity index (χ1) is 8.45. The average molecular weight is 263 g/mol. The van der Waals surface area contributed by atoms with E-state index in [0.717, 1.165) is 12.1 Å². The van der Waals surface area contributed by atoms with Crippen LogP contribution in [0.3, 0.4) is 0 Å². The van der Waals surface area contributed by atoms with Gasteiger partial charge in [-0.2, -0.15) is 0 Å². The van der Waals surface area contributed by atoms with Crippen LogP contribution in [0.2, 0.25) is 0 Å². The van der Waals surface area contributed by atoms with Crippen molar-refractivity contribution in [2.24, 2.45) is 0 Å². The number of hydrogen-bond donors (Lipinski definition) is 2. The Balaban J connectivity index is 2.64. The predicted molar refractivity (Wildman–Crippen MR) is 60.6 cm³/mol. The molecule has 2 unspecified atom stereocenters. The Labute approximate surface area is 104 Å². The molecular weight excluding hydrogens is 247 g/mol. The van der Waals surface area contributed by atoms with Crippen molar-refractivity contribution >= 4 is 0 Å². The predicted octanol–water partition coefficient (Wildman–Crippen LogP) is 1.76. The van der Waals surface area contributed by atoms with E-state index >= 15 is 0 Å². The van der Waals surface area contributed by atoms with E-state index in [2.05, 4.69) is 5.32 Å². The third-order valence-corrected chi connectivity index (χ3v) is 2.52. The van der Waals surface area contributed by atoms with Crippen LogP contribution in [0.15, 0.2) is 12.1 Å². The van der Waals surface area contributed by atoms with E-state index in [9.17, 15) is 18.3 Å². The molecule has 0 aliphatic carbocycles. The molecule has 18 heavy (non-hydrogen) atoms. The topological polar surface area (TPSA) is 41.5 Å². The maximum atomic E-state index is 13.0. The second-order valence-corrected chi connectivity index (χ2v) is 4.04. The average Bonchev–Trinajstić information content (AvgIpc) is 2.32. The molecule has 1 rings (SSSR count). The van der Waals surface area contributed by atoms with E-state index in [1.165, 1.54) is 7.11 Å². The number of halogens is 3. The molecule has 0 saturated carbocycles. The summed E-state index contributed by atoms with van der Waals surface area (Å²) in [4.78, 5) is 0. The Morgan fingerprint density at radius 3 is 2.33 bits per heavy atom. The highest BCUT2D eigenvalue weighted by Crippen LogP contribution is 2.18. The largest absolute Gasteiger partial charge is 0.389 e. The van der Waals surface area contributed by atoms with Gasteiger partial charge in [0.1, 0.15) is 0 Å². The molecule has 0 fully saturated rings. The van der Waals surface area contributed by atoms with Gasteiger partial charge in [-0.3, -0.25) is 0 Å². The minimum absolute atomic E-state index is 0.159. The number of aliphatic hydroxyl groups excluding tert-OH is 1. The normalized spacial score (nSPS) is 14.6. The minimum Gasteiger partial charge on any atom is -0.389 e. The zero-order valence-electron chi connectivity index (χ0n) is 10.2. The molecular formula is C12H16F3NO2. The lowest BCUT2D eigenvalue weighted by Gasteiger charge is -2.17.